The summed E-state index contributed by atoms with van der Waals surface area (Å²) < 4.78 is 39.7. The number of rotatable bonds is 2. The van der Waals surface area contributed by atoms with Crippen LogP contribution in [-0.4, -0.2) is 9.13 Å². The van der Waals surface area contributed by atoms with Crippen LogP contribution in [0.2, 0.25) is 5.02 Å². The molecule has 1 heterocycles. The van der Waals surface area contributed by atoms with Crippen molar-refractivity contribution in [2.75, 3.05) is 0 Å². The molecule has 4 nitrogen and oxygen atoms in total. The van der Waals surface area contributed by atoms with Gasteiger partial charge in [0, 0.05) is 12.6 Å². The van der Waals surface area contributed by atoms with Gasteiger partial charge in [-0.2, -0.15) is 31.4 Å². The number of benzene rings is 1. The summed E-state index contributed by atoms with van der Waals surface area (Å²) in [6, 6.07) is 6.98. The molecule has 0 unspecified atom stereocenters. The number of aromatic nitrogens is 2. The second-order valence-corrected chi connectivity index (χ2v) is 4.53. The van der Waals surface area contributed by atoms with E-state index in [9.17, 15) is 22.8 Å². The molecule has 0 atom stereocenters. The predicted molar refractivity (Wildman–Crippen MR) is 70.8 cm³/mol. The molecular weight excluding hydrogens is 492 g/mol. The SMILES string of the molecule is CCn1c(C(F)(F)F)cc(=O)n(-c2c[c-]c(Cl)cc2)c1=O.[W+2]. The Hall–Kier alpha value is -1.33. The van der Waals surface area contributed by atoms with E-state index in [1.807, 2.05) is 0 Å². The first-order valence-electron chi connectivity index (χ1n) is 5.87. The Morgan fingerprint density at radius 2 is 1.91 bits per heavy atom. The van der Waals surface area contributed by atoms with Crippen molar-refractivity contribution in [3.05, 3.63) is 61.9 Å². The van der Waals surface area contributed by atoms with Gasteiger partial charge in [0.05, 0.1) is 0 Å². The number of halogens is 4. The van der Waals surface area contributed by atoms with Crippen LogP contribution in [-0.2, 0) is 33.8 Å². The molecule has 22 heavy (non-hydrogen) atoms. The molecule has 0 aliphatic rings. The molecule has 0 bridgehead atoms. The van der Waals surface area contributed by atoms with Crippen LogP contribution >= 0.6 is 11.6 Å². The Morgan fingerprint density at radius 1 is 1.27 bits per heavy atom. The van der Waals surface area contributed by atoms with E-state index in [4.69, 9.17) is 11.6 Å². The van der Waals surface area contributed by atoms with Crippen molar-refractivity contribution >= 4 is 11.6 Å². The average molecular weight is 502 g/mol. The van der Waals surface area contributed by atoms with E-state index < -0.39 is 23.1 Å². The molecule has 1 aromatic carbocycles. The summed E-state index contributed by atoms with van der Waals surface area (Å²) in [6.07, 6.45) is -4.78. The standard InChI is InChI=1S/C13H9ClF3N2O2.W/c1-2-18-10(13(15,16)17)7-11(20)19(12(18)21)9-5-3-8(14)4-6-9;/h3,5-7H,2H2,1H3;/q-1;+2. The zero-order valence-corrected chi connectivity index (χ0v) is 14.8. The average Bonchev–Trinajstić information content (AvgIpc) is 2.39. The van der Waals surface area contributed by atoms with Gasteiger partial charge in [0.15, 0.2) is 0 Å². The van der Waals surface area contributed by atoms with Crippen molar-refractivity contribution in [2.24, 2.45) is 0 Å². The van der Waals surface area contributed by atoms with Crippen LogP contribution in [0.15, 0.2) is 33.9 Å². The van der Waals surface area contributed by atoms with E-state index >= 15 is 0 Å². The summed E-state index contributed by atoms with van der Waals surface area (Å²) in [7, 11) is 0. The topological polar surface area (TPSA) is 44.0 Å². The third-order valence-electron chi connectivity index (χ3n) is 2.82. The van der Waals surface area contributed by atoms with Gasteiger partial charge in [0.1, 0.15) is 5.69 Å². The first-order valence-corrected chi connectivity index (χ1v) is 6.25. The van der Waals surface area contributed by atoms with Gasteiger partial charge < -0.3 is 0 Å². The van der Waals surface area contributed by atoms with Crippen LogP contribution in [0.5, 0.6) is 0 Å². The quantitative estimate of drug-likeness (QED) is 0.594. The fourth-order valence-corrected chi connectivity index (χ4v) is 2.01. The fourth-order valence-electron chi connectivity index (χ4n) is 1.89. The van der Waals surface area contributed by atoms with Crippen LogP contribution in [0.4, 0.5) is 13.2 Å². The van der Waals surface area contributed by atoms with Crippen molar-refractivity contribution in [1.82, 2.24) is 9.13 Å². The summed E-state index contributed by atoms with van der Waals surface area (Å²) >= 11 is 5.65. The molecule has 0 saturated heterocycles. The third-order valence-corrected chi connectivity index (χ3v) is 3.05. The van der Waals surface area contributed by atoms with Gasteiger partial charge >= 0.3 is 32.9 Å². The first kappa shape index (κ1) is 18.7. The summed E-state index contributed by atoms with van der Waals surface area (Å²) in [4.78, 5) is 24.0. The Balaban J connectivity index is 0.00000242. The van der Waals surface area contributed by atoms with Crippen molar-refractivity contribution in [3.8, 4) is 5.69 Å². The molecule has 0 saturated carbocycles. The Kier molecular flexibility index (Phi) is 5.81. The van der Waals surface area contributed by atoms with Crippen molar-refractivity contribution in [2.45, 2.75) is 19.6 Å². The van der Waals surface area contributed by atoms with E-state index in [2.05, 4.69) is 6.07 Å². The van der Waals surface area contributed by atoms with E-state index in [0.29, 0.717) is 15.2 Å². The van der Waals surface area contributed by atoms with Gasteiger partial charge in [0.2, 0.25) is 5.56 Å². The molecule has 0 aliphatic heterocycles. The number of hydrogen-bond donors (Lipinski definition) is 0. The smallest absolute Gasteiger partial charge is 0.290 e. The van der Waals surface area contributed by atoms with Gasteiger partial charge in [-0.3, -0.25) is 13.9 Å². The minimum absolute atomic E-state index is 0. The maximum atomic E-state index is 12.9. The Bertz CT molecular complexity index is 782. The van der Waals surface area contributed by atoms with Gasteiger partial charge in [0.25, 0.3) is 0 Å². The number of alkyl halides is 3. The van der Waals surface area contributed by atoms with E-state index in [1.54, 1.807) is 0 Å². The van der Waals surface area contributed by atoms with Crippen LogP contribution in [0.3, 0.4) is 0 Å². The summed E-state index contributed by atoms with van der Waals surface area (Å²) in [5.74, 6) is 0. The molecule has 0 spiro atoms. The van der Waals surface area contributed by atoms with Crippen LogP contribution in [0.25, 0.3) is 5.69 Å². The zero-order valence-electron chi connectivity index (χ0n) is 11.1. The normalized spacial score (nSPS) is 11.1. The molecule has 2 aromatic rings. The molecule has 0 amide bonds. The monoisotopic (exact) mass is 501 g/mol. The molecule has 116 valence electrons. The summed E-state index contributed by atoms with van der Waals surface area (Å²) in [5.41, 5.74) is -3.29. The van der Waals surface area contributed by atoms with E-state index in [-0.39, 0.29) is 38.3 Å². The first-order chi connectivity index (χ1) is 9.75. The van der Waals surface area contributed by atoms with E-state index in [0.717, 1.165) is 0 Å². The molecule has 0 radical (unpaired) electrons. The number of nitrogens with zero attached hydrogens (tertiary/aromatic N) is 2. The third kappa shape index (κ3) is 3.52. The largest absolute Gasteiger partial charge is 2.00 e. The second kappa shape index (κ2) is 6.83. The van der Waals surface area contributed by atoms with Crippen LogP contribution < -0.4 is 11.2 Å². The van der Waals surface area contributed by atoms with E-state index in [1.165, 1.54) is 25.1 Å². The summed E-state index contributed by atoms with van der Waals surface area (Å²) in [6.45, 7) is 1.17. The van der Waals surface area contributed by atoms with Gasteiger partial charge in [-0.05, 0) is 6.92 Å². The minimum Gasteiger partial charge on any atom is -0.290 e. The molecule has 1 aromatic heterocycles. The maximum absolute atomic E-state index is 12.9. The maximum Gasteiger partial charge on any atom is 2.00 e. The molecule has 2 rings (SSSR count). The van der Waals surface area contributed by atoms with Gasteiger partial charge in [-0.15, -0.1) is 17.7 Å². The van der Waals surface area contributed by atoms with Gasteiger partial charge in [-0.25, -0.2) is 4.79 Å². The summed E-state index contributed by atoms with van der Waals surface area (Å²) in [5, 5.41) is 0.259. The fraction of sp³-hybridized carbons (Fsp3) is 0.231. The van der Waals surface area contributed by atoms with Crippen LogP contribution in [0.1, 0.15) is 12.6 Å². The van der Waals surface area contributed by atoms with Crippen molar-refractivity contribution in [3.63, 3.8) is 0 Å². The minimum atomic E-state index is -4.78. The zero-order chi connectivity index (χ0) is 15.8. The number of hydrogen-bond acceptors (Lipinski definition) is 2. The second-order valence-electron chi connectivity index (χ2n) is 4.12. The molecule has 9 heteroatoms. The van der Waals surface area contributed by atoms with Crippen molar-refractivity contribution in [1.29, 1.82) is 0 Å². The Labute approximate surface area is 142 Å². The molecule has 0 N–H and O–H groups in total. The van der Waals surface area contributed by atoms with Crippen LogP contribution in [0, 0.1) is 6.07 Å². The molecule has 0 fully saturated rings. The van der Waals surface area contributed by atoms with Crippen molar-refractivity contribution < 1.29 is 34.2 Å². The molecular formula is C13H9ClF3N2O2W+. The predicted octanol–water partition coefficient (Wildman–Crippen LogP) is 2.49. The molecule has 0 aliphatic carbocycles. The van der Waals surface area contributed by atoms with Gasteiger partial charge in [-0.1, -0.05) is 10.7 Å². The Morgan fingerprint density at radius 3 is 2.36 bits per heavy atom.